The molecule has 1 fully saturated rings. The number of hydrogen-bond donors (Lipinski definition) is 0. The summed E-state index contributed by atoms with van der Waals surface area (Å²) >= 11 is 13.3. The molecule has 1 aliphatic heterocycles. The van der Waals surface area contributed by atoms with Crippen molar-refractivity contribution in [3.05, 3.63) is 69.7 Å². The van der Waals surface area contributed by atoms with Crippen LogP contribution in [0.15, 0.2) is 48.5 Å². The third-order valence-corrected chi connectivity index (χ3v) is 6.42. The van der Waals surface area contributed by atoms with Gasteiger partial charge in [0, 0.05) is 34.9 Å². The van der Waals surface area contributed by atoms with Gasteiger partial charge in [0.1, 0.15) is 5.41 Å². The van der Waals surface area contributed by atoms with Crippen molar-refractivity contribution >= 4 is 35.0 Å². The summed E-state index contributed by atoms with van der Waals surface area (Å²) in [6, 6.07) is 13.8. The molecule has 26 heavy (non-hydrogen) atoms. The number of rotatable bonds is 4. The lowest BCUT2D eigenvalue weighted by Crippen LogP contribution is -2.50. The summed E-state index contributed by atoms with van der Waals surface area (Å²) in [6.07, 6.45) is -2.69. The van der Waals surface area contributed by atoms with Crippen LogP contribution in [-0.2, 0) is 12.0 Å². The Bertz CT molecular complexity index is 749. The lowest BCUT2D eigenvalue weighted by atomic mass is 9.78. The van der Waals surface area contributed by atoms with Gasteiger partial charge in [0.2, 0.25) is 0 Å². The van der Waals surface area contributed by atoms with Crippen molar-refractivity contribution < 1.29 is 13.2 Å². The average molecular weight is 420 g/mol. The van der Waals surface area contributed by atoms with Crippen LogP contribution in [0.1, 0.15) is 11.1 Å². The molecular weight excluding hydrogens is 402 g/mol. The number of halogens is 5. The Morgan fingerprint density at radius 3 is 2.27 bits per heavy atom. The van der Waals surface area contributed by atoms with Gasteiger partial charge in [-0.1, -0.05) is 53.5 Å². The van der Waals surface area contributed by atoms with Crippen LogP contribution in [0.4, 0.5) is 13.2 Å². The fraction of sp³-hybridized carbons (Fsp3) is 0.368. The molecule has 0 N–H and O–H groups in total. The highest BCUT2D eigenvalue weighted by molar-refractivity contribution is 7.99. The average Bonchev–Trinajstić information content (AvgIpc) is 2.94. The molecule has 140 valence electrons. The van der Waals surface area contributed by atoms with Crippen LogP contribution in [-0.4, -0.2) is 35.7 Å². The Kier molecular flexibility index (Phi) is 5.83. The monoisotopic (exact) mass is 419 g/mol. The maximum absolute atomic E-state index is 14.4. The van der Waals surface area contributed by atoms with Crippen LogP contribution in [0.25, 0.3) is 0 Å². The first-order valence-corrected chi connectivity index (χ1v) is 10.1. The van der Waals surface area contributed by atoms with E-state index in [2.05, 4.69) is 0 Å². The summed E-state index contributed by atoms with van der Waals surface area (Å²) in [7, 11) is 0. The topological polar surface area (TPSA) is 3.24 Å². The highest BCUT2D eigenvalue weighted by Gasteiger charge is 2.64. The molecule has 3 rings (SSSR count). The van der Waals surface area contributed by atoms with Crippen molar-refractivity contribution in [1.82, 2.24) is 4.90 Å². The summed E-state index contributed by atoms with van der Waals surface area (Å²) in [6.45, 7) is 0.706. The summed E-state index contributed by atoms with van der Waals surface area (Å²) in [4.78, 5) is 1.86. The Balaban J connectivity index is 2.02. The minimum Gasteiger partial charge on any atom is -0.297 e. The van der Waals surface area contributed by atoms with E-state index in [9.17, 15) is 13.2 Å². The van der Waals surface area contributed by atoms with Crippen molar-refractivity contribution in [2.24, 2.45) is 0 Å². The van der Waals surface area contributed by atoms with E-state index >= 15 is 0 Å². The van der Waals surface area contributed by atoms with E-state index in [1.165, 1.54) is 30.0 Å². The zero-order valence-electron chi connectivity index (χ0n) is 14.1. The molecule has 2 unspecified atom stereocenters. The molecule has 1 saturated heterocycles. The maximum Gasteiger partial charge on any atom is 0.400 e. The third-order valence-electron chi connectivity index (χ3n) is 4.86. The van der Waals surface area contributed by atoms with Crippen molar-refractivity contribution in [3.63, 3.8) is 0 Å². The number of benzene rings is 2. The first kappa shape index (κ1) is 19.9. The van der Waals surface area contributed by atoms with Crippen molar-refractivity contribution in [2.45, 2.75) is 23.4 Å². The molecule has 0 amide bonds. The summed E-state index contributed by atoms with van der Waals surface area (Å²) in [5.41, 5.74) is -0.873. The number of likely N-dealkylation sites (tertiary alicyclic amines) is 1. The van der Waals surface area contributed by atoms with Gasteiger partial charge >= 0.3 is 6.18 Å². The predicted octanol–water partition coefficient (Wildman–Crippen LogP) is 6.04. The molecule has 0 spiro atoms. The van der Waals surface area contributed by atoms with Gasteiger partial charge in [0.05, 0.1) is 0 Å². The lowest BCUT2D eigenvalue weighted by molar-refractivity contribution is -0.185. The molecular formula is C19H18Cl2F3NS. The van der Waals surface area contributed by atoms with E-state index in [0.29, 0.717) is 13.1 Å². The van der Waals surface area contributed by atoms with Crippen LogP contribution in [0.3, 0.4) is 0 Å². The van der Waals surface area contributed by atoms with Gasteiger partial charge in [-0.2, -0.15) is 24.9 Å². The minimum absolute atomic E-state index is 0.117. The molecule has 0 aliphatic carbocycles. The molecule has 2 aromatic carbocycles. The molecule has 1 heterocycles. The van der Waals surface area contributed by atoms with E-state index in [0.717, 1.165) is 5.56 Å². The fourth-order valence-electron chi connectivity index (χ4n) is 3.67. The highest BCUT2D eigenvalue weighted by Crippen LogP contribution is 2.52. The standard InChI is InChI=1S/C19H18Cl2F3NS/c1-26-17-11-25(10-13-5-3-2-4-6-13)12-18(17,19(22,23)24)14-7-15(20)9-16(21)8-14/h2-9,17H,10-12H2,1H3. The van der Waals surface area contributed by atoms with Crippen LogP contribution in [0.5, 0.6) is 0 Å². The van der Waals surface area contributed by atoms with Gasteiger partial charge in [-0.15, -0.1) is 0 Å². The summed E-state index contributed by atoms with van der Waals surface area (Å²) in [5, 5.41) is -0.198. The molecule has 7 heteroatoms. The van der Waals surface area contributed by atoms with E-state index < -0.39 is 16.8 Å². The Hall–Kier alpha value is -0.880. The molecule has 2 aromatic rings. The van der Waals surface area contributed by atoms with Crippen LogP contribution >= 0.6 is 35.0 Å². The second-order valence-electron chi connectivity index (χ2n) is 6.51. The van der Waals surface area contributed by atoms with Gasteiger partial charge in [0.25, 0.3) is 0 Å². The fourth-order valence-corrected chi connectivity index (χ4v) is 5.30. The van der Waals surface area contributed by atoms with Crippen molar-refractivity contribution in [1.29, 1.82) is 0 Å². The minimum atomic E-state index is -4.42. The van der Waals surface area contributed by atoms with E-state index in [4.69, 9.17) is 23.2 Å². The lowest BCUT2D eigenvalue weighted by Gasteiger charge is -2.36. The van der Waals surface area contributed by atoms with Gasteiger partial charge in [-0.25, -0.2) is 0 Å². The molecule has 0 radical (unpaired) electrons. The zero-order chi connectivity index (χ0) is 18.9. The SMILES string of the molecule is CSC1CN(Cc2ccccc2)CC1(c1cc(Cl)cc(Cl)c1)C(F)(F)F. The van der Waals surface area contributed by atoms with E-state index in [1.807, 2.05) is 35.2 Å². The van der Waals surface area contributed by atoms with Crippen LogP contribution in [0, 0.1) is 0 Å². The normalized spacial score (nSPS) is 24.2. The number of thioether (sulfide) groups is 1. The number of hydrogen-bond acceptors (Lipinski definition) is 2. The van der Waals surface area contributed by atoms with Gasteiger partial charge in [-0.3, -0.25) is 4.90 Å². The molecule has 1 aliphatic rings. The van der Waals surface area contributed by atoms with Crippen LogP contribution < -0.4 is 0 Å². The van der Waals surface area contributed by atoms with E-state index in [-0.39, 0.29) is 22.2 Å². The predicted molar refractivity (Wildman–Crippen MR) is 103 cm³/mol. The molecule has 0 aromatic heterocycles. The second kappa shape index (κ2) is 7.63. The van der Waals surface area contributed by atoms with Crippen molar-refractivity contribution in [3.8, 4) is 0 Å². The zero-order valence-corrected chi connectivity index (χ0v) is 16.4. The number of nitrogens with zero attached hydrogens (tertiary/aromatic N) is 1. The maximum atomic E-state index is 14.4. The molecule has 0 bridgehead atoms. The molecule has 2 atom stereocenters. The first-order chi connectivity index (χ1) is 12.3. The smallest absolute Gasteiger partial charge is 0.297 e. The molecule has 1 nitrogen and oxygen atoms in total. The Morgan fingerprint density at radius 2 is 1.73 bits per heavy atom. The largest absolute Gasteiger partial charge is 0.400 e. The Morgan fingerprint density at radius 1 is 1.12 bits per heavy atom. The van der Waals surface area contributed by atoms with Crippen LogP contribution in [0.2, 0.25) is 10.0 Å². The highest BCUT2D eigenvalue weighted by atomic mass is 35.5. The van der Waals surface area contributed by atoms with Gasteiger partial charge < -0.3 is 0 Å². The first-order valence-electron chi connectivity index (χ1n) is 8.08. The van der Waals surface area contributed by atoms with Crippen molar-refractivity contribution in [2.75, 3.05) is 19.3 Å². The Labute approximate surface area is 165 Å². The quantitative estimate of drug-likeness (QED) is 0.593. The summed E-state index contributed by atoms with van der Waals surface area (Å²) < 4.78 is 43.2. The van der Waals surface area contributed by atoms with E-state index in [1.54, 1.807) is 6.26 Å². The van der Waals surface area contributed by atoms with Gasteiger partial charge in [-0.05, 0) is 35.6 Å². The third kappa shape index (κ3) is 3.72. The molecule has 0 saturated carbocycles. The van der Waals surface area contributed by atoms with Gasteiger partial charge in [0.15, 0.2) is 0 Å². The summed E-state index contributed by atoms with van der Waals surface area (Å²) in [5.74, 6) is 0. The second-order valence-corrected chi connectivity index (χ2v) is 8.42. The number of alkyl halides is 3.